The van der Waals surface area contributed by atoms with Crippen molar-refractivity contribution in [3.63, 3.8) is 0 Å². The molecule has 2 heteroatoms. The molecule has 0 heterocycles. The summed E-state index contributed by atoms with van der Waals surface area (Å²) in [5, 5.41) is 3.88. The molecule has 0 amide bonds. The summed E-state index contributed by atoms with van der Waals surface area (Å²) < 4.78 is 0. The van der Waals surface area contributed by atoms with Gasteiger partial charge in [0.05, 0.1) is 17.3 Å². The van der Waals surface area contributed by atoms with Gasteiger partial charge in [0.1, 0.15) is 0 Å². The highest BCUT2D eigenvalue weighted by Crippen LogP contribution is 2.22. The van der Waals surface area contributed by atoms with E-state index >= 15 is 0 Å². The van der Waals surface area contributed by atoms with Crippen LogP contribution in [0.3, 0.4) is 0 Å². The zero-order chi connectivity index (χ0) is 9.68. The number of benzene rings is 1. The van der Waals surface area contributed by atoms with Gasteiger partial charge in [-0.1, -0.05) is 23.6 Å². The first kappa shape index (κ1) is 9.95. The van der Waals surface area contributed by atoms with E-state index in [9.17, 15) is 0 Å². The van der Waals surface area contributed by atoms with Crippen molar-refractivity contribution in [2.24, 2.45) is 0 Å². The number of anilines is 1. The molecule has 0 saturated carbocycles. The Bertz CT molecular complexity index is 347. The average molecular weight is 194 g/mol. The first-order valence-electron chi connectivity index (χ1n) is 4.13. The van der Waals surface area contributed by atoms with Gasteiger partial charge < -0.3 is 5.32 Å². The highest BCUT2D eigenvalue weighted by molar-refractivity contribution is 6.33. The minimum absolute atomic E-state index is 0.638. The lowest BCUT2D eigenvalue weighted by atomic mass is 10.2. The topological polar surface area (TPSA) is 12.0 Å². The third-order valence-electron chi connectivity index (χ3n) is 1.67. The quantitative estimate of drug-likeness (QED) is 0.712. The lowest BCUT2D eigenvalue weighted by molar-refractivity contribution is 1.36. The highest BCUT2D eigenvalue weighted by Gasteiger charge is 1.97. The fourth-order valence-electron chi connectivity index (χ4n) is 0.991. The van der Waals surface area contributed by atoms with E-state index in [4.69, 9.17) is 11.6 Å². The first-order valence-corrected chi connectivity index (χ1v) is 4.51. The standard InChI is InChI=1S/C11H12ClN/c1-3-4-7-13-11-6-5-9(2)8-10(11)12/h5-6,8,13H,7H2,1-2H3. The van der Waals surface area contributed by atoms with Crippen LogP contribution in [0.1, 0.15) is 12.5 Å². The van der Waals surface area contributed by atoms with Gasteiger partial charge in [-0.25, -0.2) is 0 Å². The summed E-state index contributed by atoms with van der Waals surface area (Å²) >= 11 is 6.00. The Labute approximate surface area is 84.1 Å². The van der Waals surface area contributed by atoms with Gasteiger partial charge >= 0.3 is 0 Å². The van der Waals surface area contributed by atoms with Gasteiger partial charge in [0.2, 0.25) is 0 Å². The predicted molar refractivity (Wildman–Crippen MR) is 58.1 cm³/mol. The molecule has 0 aliphatic carbocycles. The average Bonchev–Trinajstić information content (AvgIpc) is 2.09. The number of halogens is 1. The van der Waals surface area contributed by atoms with E-state index in [-0.39, 0.29) is 0 Å². The zero-order valence-corrected chi connectivity index (χ0v) is 8.57. The van der Waals surface area contributed by atoms with Gasteiger partial charge in [-0.05, 0) is 31.5 Å². The Kier molecular flexibility index (Phi) is 3.67. The van der Waals surface area contributed by atoms with Crippen molar-refractivity contribution in [1.29, 1.82) is 0 Å². The van der Waals surface area contributed by atoms with Gasteiger partial charge in [-0.2, -0.15) is 0 Å². The van der Waals surface area contributed by atoms with Crippen molar-refractivity contribution in [3.05, 3.63) is 28.8 Å². The van der Waals surface area contributed by atoms with Gasteiger partial charge in [-0.3, -0.25) is 0 Å². The molecule has 0 fully saturated rings. The number of hydrogen-bond donors (Lipinski definition) is 1. The van der Waals surface area contributed by atoms with Crippen LogP contribution in [0.15, 0.2) is 18.2 Å². The molecule has 0 aliphatic rings. The molecule has 1 aromatic rings. The summed E-state index contributed by atoms with van der Waals surface area (Å²) in [5.74, 6) is 5.73. The SMILES string of the molecule is CC#CCNc1ccc(C)cc1Cl. The van der Waals surface area contributed by atoms with Crippen molar-refractivity contribution in [1.82, 2.24) is 0 Å². The summed E-state index contributed by atoms with van der Waals surface area (Å²) in [7, 11) is 0. The van der Waals surface area contributed by atoms with Crippen LogP contribution in [-0.2, 0) is 0 Å². The summed E-state index contributed by atoms with van der Waals surface area (Å²) in [6.45, 7) is 4.47. The molecule has 0 radical (unpaired) electrons. The Hall–Kier alpha value is -1.13. The molecular formula is C11H12ClN. The van der Waals surface area contributed by atoms with Crippen LogP contribution < -0.4 is 5.32 Å². The molecule has 0 spiro atoms. The smallest absolute Gasteiger partial charge is 0.0766 e. The highest BCUT2D eigenvalue weighted by atomic mass is 35.5. The van der Waals surface area contributed by atoms with Gasteiger partial charge in [0.15, 0.2) is 0 Å². The first-order chi connectivity index (χ1) is 6.24. The van der Waals surface area contributed by atoms with Crippen LogP contribution >= 0.6 is 11.6 Å². The van der Waals surface area contributed by atoms with Crippen molar-refractivity contribution in [3.8, 4) is 11.8 Å². The van der Waals surface area contributed by atoms with E-state index in [0.29, 0.717) is 6.54 Å². The second-order valence-electron chi connectivity index (χ2n) is 2.76. The molecular weight excluding hydrogens is 182 g/mol. The maximum absolute atomic E-state index is 6.00. The largest absolute Gasteiger partial charge is 0.373 e. The molecule has 1 N–H and O–H groups in total. The fourth-order valence-corrected chi connectivity index (χ4v) is 1.29. The van der Waals surface area contributed by atoms with Crippen molar-refractivity contribution in [2.45, 2.75) is 13.8 Å². The Morgan fingerprint density at radius 3 is 2.85 bits per heavy atom. The third kappa shape index (κ3) is 3.01. The van der Waals surface area contributed by atoms with Gasteiger partial charge in [-0.15, -0.1) is 5.92 Å². The second kappa shape index (κ2) is 4.79. The van der Waals surface area contributed by atoms with Crippen LogP contribution in [0.25, 0.3) is 0 Å². The van der Waals surface area contributed by atoms with Crippen molar-refractivity contribution < 1.29 is 0 Å². The van der Waals surface area contributed by atoms with E-state index in [1.807, 2.05) is 32.0 Å². The lowest BCUT2D eigenvalue weighted by Crippen LogP contribution is -1.98. The molecule has 0 aromatic heterocycles. The summed E-state index contributed by atoms with van der Waals surface area (Å²) in [4.78, 5) is 0. The molecule has 13 heavy (non-hydrogen) atoms. The number of hydrogen-bond acceptors (Lipinski definition) is 1. The van der Waals surface area contributed by atoms with E-state index < -0.39 is 0 Å². The molecule has 68 valence electrons. The normalized spacial score (nSPS) is 8.85. The number of rotatable bonds is 2. The summed E-state index contributed by atoms with van der Waals surface area (Å²) in [6.07, 6.45) is 0. The zero-order valence-electron chi connectivity index (χ0n) is 7.82. The summed E-state index contributed by atoms with van der Waals surface area (Å²) in [6, 6.07) is 5.92. The van der Waals surface area contributed by atoms with Crippen molar-refractivity contribution >= 4 is 17.3 Å². The molecule has 1 rings (SSSR count). The molecule has 0 bridgehead atoms. The molecule has 1 aromatic carbocycles. The minimum atomic E-state index is 0.638. The van der Waals surface area contributed by atoms with E-state index in [0.717, 1.165) is 16.3 Å². The van der Waals surface area contributed by atoms with E-state index in [1.165, 1.54) is 0 Å². The predicted octanol–water partition coefficient (Wildman–Crippen LogP) is 3.08. The van der Waals surface area contributed by atoms with Gasteiger partial charge in [0, 0.05) is 0 Å². The molecule has 0 saturated heterocycles. The van der Waals surface area contributed by atoms with Crippen LogP contribution in [0.5, 0.6) is 0 Å². The molecule has 0 atom stereocenters. The van der Waals surface area contributed by atoms with E-state index in [1.54, 1.807) is 0 Å². The second-order valence-corrected chi connectivity index (χ2v) is 3.17. The molecule has 1 nitrogen and oxygen atoms in total. The number of nitrogens with one attached hydrogen (secondary N) is 1. The van der Waals surface area contributed by atoms with E-state index in [2.05, 4.69) is 17.2 Å². The third-order valence-corrected chi connectivity index (χ3v) is 1.98. The molecule has 0 unspecified atom stereocenters. The monoisotopic (exact) mass is 193 g/mol. The Morgan fingerprint density at radius 2 is 2.23 bits per heavy atom. The minimum Gasteiger partial charge on any atom is -0.373 e. The van der Waals surface area contributed by atoms with Crippen LogP contribution in [-0.4, -0.2) is 6.54 Å². The molecule has 0 aliphatic heterocycles. The summed E-state index contributed by atoms with van der Waals surface area (Å²) in [5.41, 5.74) is 2.10. The fraction of sp³-hybridized carbons (Fsp3) is 0.273. The van der Waals surface area contributed by atoms with Crippen LogP contribution in [0.4, 0.5) is 5.69 Å². The van der Waals surface area contributed by atoms with Crippen LogP contribution in [0.2, 0.25) is 5.02 Å². The number of aryl methyl sites for hydroxylation is 1. The maximum Gasteiger partial charge on any atom is 0.0766 e. The Morgan fingerprint density at radius 1 is 1.46 bits per heavy atom. The maximum atomic E-state index is 6.00. The van der Waals surface area contributed by atoms with Crippen LogP contribution in [0, 0.1) is 18.8 Å². The Balaban J connectivity index is 2.70. The van der Waals surface area contributed by atoms with Crippen molar-refractivity contribution in [2.75, 3.05) is 11.9 Å². The lowest BCUT2D eigenvalue weighted by Gasteiger charge is -2.05. The van der Waals surface area contributed by atoms with Gasteiger partial charge in [0.25, 0.3) is 0 Å².